The number of nitrogens with zero attached hydrogens (tertiary/aromatic N) is 4. The minimum Gasteiger partial charge on any atom is -0.632 e. The van der Waals surface area contributed by atoms with Crippen molar-refractivity contribution in [3.05, 3.63) is 81.3 Å². The Morgan fingerprint density at radius 1 is 0.941 bits per heavy atom. The Morgan fingerprint density at radius 3 is 2.39 bits per heavy atom. The number of hydrogen-bond donors (Lipinski definition) is 4. The van der Waals surface area contributed by atoms with E-state index in [2.05, 4.69) is 26.4 Å². The van der Waals surface area contributed by atoms with Crippen LogP contribution in [-0.2, 0) is 61.5 Å². The molecule has 264 valence electrons. The summed E-state index contributed by atoms with van der Waals surface area (Å²) in [4.78, 5) is 88.4. The summed E-state index contributed by atoms with van der Waals surface area (Å²) < 4.78 is 6.01. The number of ether oxygens (including phenoxy) is 1. The maximum absolute atomic E-state index is 13.7. The van der Waals surface area contributed by atoms with Crippen LogP contribution >= 0.6 is 0 Å². The average molecular weight is 699 g/mol. The van der Waals surface area contributed by atoms with Gasteiger partial charge in [-0.2, -0.15) is 5.10 Å². The number of quaternary nitrogens is 1. The number of hydroxylamine groups is 3. The normalized spacial score (nSPS) is 22.6. The van der Waals surface area contributed by atoms with Gasteiger partial charge in [0.2, 0.25) is 23.6 Å². The molecule has 51 heavy (non-hydrogen) atoms. The summed E-state index contributed by atoms with van der Waals surface area (Å²) in [6.07, 6.45) is 1.40. The van der Waals surface area contributed by atoms with Gasteiger partial charge >= 0.3 is 6.09 Å². The molecule has 2 saturated heterocycles. The number of aromatic nitrogens is 2. The molecule has 1 aromatic heterocycles. The van der Waals surface area contributed by atoms with Crippen LogP contribution in [0.3, 0.4) is 0 Å². The lowest BCUT2D eigenvalue weighted by Gasteiger charge is -2.45. The van der Waals surface area contributed by atoms with Crippen LogP contribution in [0.25, 0.3) is 0 Å². The number of rotatable bonds is 8. The third-order valence-corrected chi connectivity index (χ3v) is 9.72. The van der Waals surface area contributed by atoms with Gasteiger partial charge in [-0.25, -0.2) is 4.79 Å². The highest BCUT2D eigenvalue weighted by Crippen LogP contribution is 2.38. The van der Waals surface area contributed by atoms with Gasteiger partial charge in [0.25, 0.3) is 11.8 Å². The number of carbonyl (C=O) groups is 7. The highest BCUT2D eigenvalue weighted by molar-refractivity contribution is 6.06. The Balaban J connectivity index is 0.942. The first kappa shape index (κ1) is 33.6. The number of benzene rings is 2. The second-order valence-electron chi connectivity index (χ2n) is 13.1. The molecule has 3 unspecified atom stereocenters. The van der Waals surface area contributed by atoms with E-state index in [1.165, 1.54) is 9.58 Å². The van der Waals surface area contributed by atoms with E-state index in [-0.39, 0.29) is 70.3 Å². The largest absolute Gasteiger partial charge is 0.632 e. The van der Waals surface area contributed by atoms with E-state index in [0.717, 1.165) is 5.56 Å². The van der Waals surface area contributed by atoms with Crippen molar-refractivity contribution in [3.63, 3.8) is 0 Å². The van der Waals surface area contributed by atoms with Crippen molar-refractivity contribution in [1.82, 2.24) is 25.3 Å². The molecule has 0 aliphatic carbocycles. The SMILES string of the molecule is Cc1nn(CC(=O)Nc2cccc3c2C[N+]([O-])(C2CCC(=O)NC2=O)C3)cc1COC(=O)Nc1cccc2c1CN(C1CCC(=O)NC1=O)C2=O. The van der Waals surface area contributed by atoms with E-state index in [1.807, 2.05) is 0 Å². The molecule has 4 N–H and O–H groups in total. The van der Waals surface area contributed by atoms with Crippen molar-refractivity contribution < 1.29 is 42.9 Å². The van der Waals surface area contributed by atoms with Gasteiger partial charge < -0.3 is 24.8 Å². The number of imide groups is 2. The predicted octanol–water partition coefficient (Wildman–Crippen LogP) is 1.47. The van der Waals surface area contributed by atoms with Gasteiger partial charge in [-0.05, 0) is 31.5 Å². The Bertz CT molecular complexity index is 2030. The number of hydrogen-bond acceptors (Lipinski definition) is 10. The average Bonchev–Trinajstić information content (AvgIpc) is 3.72. The zero-order valence-electron chi connectivity index (χ0n) is 27.5. The summed E-state index contributed by atoms with van der Waals surface area (Å²) in [6, 6.07) is 8.33. The summed E-state index contributed by atoms with van der Waals surface area (Å²) in [5.74, 6) is -2.67. The first-order valence-corrected chi connectivity index (χ1v) is 16.4. The van der Waals surface area contributed by atoms with Crippen LogP contribution in [0.15, 0.2) is 42.6 Å². The van der Waals surface area contributed by atoms with Gasteiger partial charge in [-0.1, -0.05) is 18.2 Å². The summed E-state index contributed by atoms with van der Waals surface area (Å²) in [6.45, 7) is 1.47. The second kappa shape index (κ2) is 13.1. The van der Waals surface area contributed by atoms with Crippen LogP contribution in [0.1, 0.15) is 64.0 Å². The zero-order chi connectivity index (χ0) is 36.0. The van der Waals surface area contributed by atoms with Crippen molar-refractivity contribution >= 4 is 52.9 Å². The van der Waals surface area contributed by atoms with E-state index >= 15 is 0 Å². The Kier molecular flexibility index (Phi) is 8.60. The number of aryl methyl sites for hydroxylation is 1. The molecule has 2 aromatic carbocycles. The van der Waals surface area contributed by atoms with Gasteiger partial charge in [-0.3, -0.25) is 49.4 Å². The van der Waals surface area contributed by atoms with Gasteiger partial charge in [0.1, 0.15) is 32.3 Å². The van der Waals surface area contributed by atoms with Gasteiger partial charge in [0.05, 0.1) is 11.4 Å². The highest BCUT2D eigenvalue weighted by atomic mass is 16.6. The molecule has 0 radical (unpaired) electrons. The zero-order valence-corrected chi connectivity index (χ0v) is 27.5. The number of anilines is 2. The molecule has 0 spiro atoms. The van der Waals surface area contributed by atoms with E-state index in [4.69, 9.17) is 4.74 Å². The smallest absolute Gasteiger partial charge is 0.411 e. The first-order valence-electron chi connectivity index (χ1n) is 16.4. The fourth-order valence-electron chi connectivity index (χ4n) is 7.16. The summed E-state index contributed by atoms with van der Waals surface area (Å²) in [5.41, 5.74) is 4.11. The first-order chi connectivity index (χ1) is 24.4. The monoisotopic (exact) mass is 698 g/mol. The van der Waals surface area contributed by atoms with Crippen molar-refractivity contribution in [3.8, 4) is 0 Å². The van der Waals surface area contributed by atoms with Crippen LogP contribution in [-0.4, -0.2) is 72.9 Å². The topological polar surface area (TPSA) is 221 Å². The molecule has 17 nitrogen and oxygen atoms in total. The third kappa shape index (κ3) is 6.55. The molecule has 5 heterocycles. The van der Waals surface area contributed by atoms with Gasteiger partial charge in [-0.15, -0.1) is 0 Å². The molecule has 7 rings (SSSR count). The third-order valence-electron chi connectivity index (χ3n) is 9.72. The van der Waals surface area contributed by atoms with Crippen molar-refractivity contribution in [2.75, 3.05) is 10.6 Å². The molecule has 0 saturated carbocycles. The maximum atomic E-state index is 13.7. The minimum absolute atomic E-state index is 0.0251. The molecule has 0 bridgehead atoms. The molecule has 3 aromatic rings. The highest BCUT2D eigenvalue weighted by Gasteiger charge is 2.44. The minimum atomic E-state index is -0.915. The lowest BCUT2D eigenvalue weighted by Crippen LogP contribution is -2.58. The lowest BCUT2D eigenvalue weighted by atomic mass is 10.0. The predicted molar refractivity (Wildman–Crippen MR) is 176 cm³/mol. The maximum Gasteiger partial charge on any atom is 0.411 e. The van der Waals surface area contributed by atoms with Crippen LogP contribution in [0.2, 0.25) is 0 Å². The van der Waals surface area contributed by atoms with Crippen molar-refractivity contribution in [1.29, 1.82) is 0 Å². The van der Waals surface area contributed by atoms with E-state index < -0.39 is 46.5 Å². The number of amides is 7. The molecule has 4 aliphatic rings. The number of fused-ring (bicyclic) bond motifs is 2. The molecule has 4 aliphatic heterocycles. The summed E-state index contributed by atoms with van der Waals surface area (Å²) in [5, 5.41) is 28.1. The van der Waals surface area contributed by atoms with Crippen LogP contribution in [0.5, 0.6) is 0 Å². The van der Waals surface area contributed by atoms with E-state index in [0.29, 0.717) is 39.3 Å². The Morgan fingerprint density at radius 2 is 1.65 bits per heavy atom. The fourth-order valence-corrected chi connectivity index (χ4v) is 7.16. The van der Waals surface area contributed by atoms with Crippen molar-refractivity contribution in [2.45, 2.75) is 77.5 Å². The second-order valence-corrected chi connectivity index (χ2v) is 13.1. The quantitative estimate of drug-likeness (QED) is 0.151. The van der Waals surface area contributed by atoms with Crippen molar-refractivity contribution in [2.24, 2.45) is 0 Å². The van der Waals surface area contributed by atoms with Crippen LogP contribution < -0.4 is 21.3 Å². The standard InChI is InChI=1S/C34H34N8O9/c1-18-20(17-51-34(49)36-24-7-3-5-21-22(24)13-41(33(21)48)26-8-10-28(43)37-31(26)46)12-40(39-18)14-30(45)35-25-6-2-4-19-15-42(50,16-23(19)25)27-9-11-29(44)38-32(27)47/h2-7,12,26-27H,8-11,13-17H2,1H3,(H,35,45)(H,36,49)(H,37,43,46)(H,38,44,47). The van der Waals surface area contributed by atoms with Gasteiger partial charge in [0, 0.05) is 65.5 Å². The molecular weight excluding hydrogens is 664 g/mol. The Hall–Kier alpha value is -5.94. The number of piperidine rings is 2. The summed E-state index contributed by atoms with van der Waals surface area (Å²) in [7, 11) is 0. The number of nitrogens with one attached hydrogen (secondary N) is 4. The van der Waals surface area contributed by atoms with Crippen LogP contribution in [0, 0.1) is 12.1 Å². The Labute approximate surface area is 290 Å². The van der Waals surface area contributed by atoms with Gasteiger partial charge in [0.15, 0.2) is 6.04 Å². The molecular formula is C34H34N8O9. The molecule has 7 amide bonds. The fraction of sp³-hybridized carbons (Fsp3) is 0.353. The molecule has 3 atom stereocenters. The van der Waals surface area contributed by atoms with E-state index in [9.17, 15) is 38.8 Å². The van der Waals surface area contributed by atoms with Crippen LogP contribution in [0.4, 0.5) is 16.2 Å². The molecule has 2 fully saturated rings. The molecule has 17 heteroatoms. The summed E-state index contributed by atoms with van der Waals surface area (Å²) >= 11 is 0. The van der Waals surface area contributed by atoms with E-state index in [1.54, 1.807) is 49.5 Å². The number of carbonyl (C=O) groups excluding carboxylic acids is 7. The lowest BCUT2D eigenvalue weighted by molar-refractivity contribution is -0.916.